The Labute approximate surface area is 81.0 Å². The molecule has 0 radical (unpaired) electrons. The summed E-state index contributed by atoms with van der Waals surface area (Å²) in [6.07, 6.45) is -12.5. The van der Waals surface area contributed by atoms with Crippen LogP contribution in [-0.2, 0) is 19.7 Å². The van der Waals surface area contributed by atoms with E-state index in [-0.39, 0.29) is 0 Å². The van der Waals surface area contributed by atoms with Gasteiger partial charge in [-0.25, -0.2) is 0 Å². The molecule has 0 rings (SSSR count). The molecule has 0 saturated carbocycles. The van der Waals surface area contributed by atoms with Gasteiger partial charge in [-0.15, -0.1) is 0 Å². The molecule has 0 aromatic carbocycles. The lowest BCUT2D eigenvalue weighted by Crippen LogP contribution is -2.53. The van der Waals surface area contributed by atoms with Crippen LogP contribution in [0.4, 0.5) is 30.7 Å². The lowest BCUT2D eigenvalue weighted by Gasteiger charge is -2.25. The summed E-state index contributed by atoms with van der Waals surface area (Å²) in [5, 5.41) is 0. The quantitative estimate of drug-likeness (QED) is 0.729. The molecule has 11 heteroatoms. The lowest BCUT2D eigenvalue weighted by atomic mass is 10.3. The van der Waals surface area contributed by atoms with Gasteiger partial charge in [0.05, 0.1) is 7.11 Å². The van der Waals surface area contributed by atoms with Crippen molar-refractivity contribution in [3.8, 4) is 0 Å². The van der Waals surface area contributed by atoms with Crippen molar-refractivity contribution in [2.45, 2.75) is 18.2 Å². The van der Waals surface area contributed by atoms with Gasteiger partial charge in [0.15, 0.2) is 0 Å². The van der Waals surface area contributed by atoms with Crippen molar-refractivity contribution >= 4 is 11.4 Å². The second kappa shape index (κ2) is 4.22. The van der Waals surface area contributed by atoms with Crippen LogP contribution in [0.15, 0.2) is 0 Å². The minimum Gasteiger partial charge on any atom is -0.272 e. The lowest BCUT2D eigenvalue weighted by molar-refractivity contribution is -0.402. The summed E-state index contributed by atoms with van der Waals surface area (Å²) < 4.78 is 98.8. The summed E-state index contributed by atoms with van der Waals surface area (Å²) in [6, 6.07) is 0. The van der Waals surface area contributed by atoms with E-state index in [4.69, 9.17) is 0 Å². The number of hydrogen-bond donors (Lipinski definition) is 0. The molecule has 92 valence electrons. The van der Waals surface area contributed by atoms with E-state index in [1.807, 2.05) is 0 Å². The van der Waals surface area contributed by atoms with Crippen LogP contribution < -0.4 is 0 Å². The van der Waals surface area contributed by atoms with Crippen LogP contribution in [0.5, 0.6) is 0 Å². The van der Waals surface area contributed by atoms with E-state index in [2.05, 4.69) is 8.37 Å². The first-order valence-electron chi connectivity index (χ1n) is 2.94. The number of rotatable bonds is 4. The molecule has 1 atom stereocenters. The van der Waals surface area contributed by atoms with Gasteiger partial charge < -0.3 is 0 Å². The Kier molecular flexibility index (Phi) is 4.10. The van der Waals surface area contributed by atoms with Crippen molar-refractivity contribution in [3.05, 3.63) is 0 Å². The van der Waals surface area contributed by atoms with Crippen LogP contribution in [0.1, 0.15) is 0 Å². The Morgan fingerprint density at radius 3 is 1.67 bits per heavy atom. The summed E-state index contributed by atoms with van der Waals surface area (Å²) in [6.45, 7) is 0. The standard InChI is InChI=1S/C4H3F7O3S/c1-13-15(12)14-4(10,11)2(5,6)3(7,8)9/h1H3. The highest BCUT2D eigenvalue weighted by Crippen LogP contribution is 2.47. The highest BCUT2D eigenvalue weighted by molar-refractivity contribution is 7.75. The van der Waals surface area contributed by atoms with Crippen molar-refractivity contribution in [1.82, 2.24) is 0 Å². The van der Waals surface area contributed by atoms with Gasteiger partial charge in [-0.05, 0) is 0 Å². The molecule has 1 unspecified atom stereocenters. The van der Waals surface area contributed by atoms with E-state index in [9.17, 15) is 34.9 Å². The van der Waals surface area contributed by atoms with E-state index in [0.29, 0.717) is 7.11 Å². The fourth-order valence-electron chi connectivity index (χ4n) is 0.337. The molecule has 0 saturated heterocycles. The fourth-order valence-corrected chi connectivity index (χ4v) is 0.680. The zero-order chi connectivity index (χ0) is 12.5. The van der Waals surface area contributed by atoms with Gasteiger partial charge in [0.1, 0.15) is 0 Å². The molecule has 0 aliphatic heterocycles. The second-order valence-corrected chi connectivity index (χ2v) is 2.95. The Morgan fingerprint density at radius 1 is 1.00 bits per heavy atom. The normalized spacial score (nSPS) is 16.5. The highest BCUT2D eigenvalue weighted by Gasteiger charge is 2.75. The highest BCUT2D eigenvalue weighted by atomic mass is 32.2. The second-order valence-electron chi connectivity index (χ2n) is 2.04. The SMILES string of the molecule is COS(=O)OC(F)(F)C(F)(F)C(F)(F)F. The molecule has 0 aromatic rings. The molecule has 0 N–H and O–H groups in total. The average molecular weight is 264 g/mol. The van der Waals surface area contributed by atoms with Gasteiger partial charge in [0.2, 0.25) is 0 Å². The van der Waals surface area contributed by atoms with Crippen LogP contribution in [0.3, 0.4) is 0 Å². The molecule has 0 bridgehead atoms. The molecule has 3 nitrogen and oxygen atoms in total. The third kappa shape index (κ3) is 3.01. The number of hydrogen-bond acceptors (Lipinski definition) is 3. The fraction of sp³-hybridized carbons (Fsp3) is 1.00. The Bertz CT molecular complexity index is 249. The van der Waals surface area contributed by atoms with Crippen molar-refractivity contribution in [1.29, 1.82) is 0 Å². The summed E-state index contributed by atoms with van der Waals surface area (Å²) in [5.74, 6) is -6.46. The van der Waals surface area contributed by atoms with Gasteiger partial charge in [-0.2, -0.15) is 39.1 Å². The summed E-state index contributed by atoms with van der Waals surface area (Å²) >= 11 is -3.41. The molecule has 0 aliphatic rings. The van der Waals surface area contributed by atoms with Crippen molar-refractivity contribution in [3.63, 3.8) is 0 Å². The molecule has 0 aromatic heterocycles. The molecule has 0 amide bonds. The zero-order valence-corrected chi connectivity index (χ0v) is 7.60. The predicted octanol–water partition coefficient (Wildman–Crippen LogP) is 2.02. The van der Waals surface area contributed by atoms with Crippen LogP contribution in [0, 0.1) is 0 Å². The van der Waals surface area contributed by atoms with E-state index in [1.54, 1.807) is 0 Å². The third-order valence-corrected chi connectivity index (χ3v) is 1.65. The maximum absolute atomic E-state index is 12.2. The minimum absolute atomic E-state index is 0.512. The molecular formula is C4H3F7O3S. The van der Waals surface area contributed by atoms with E-state index in [0.717, 1.165) is 0 Å². The van der Waals surface area contributed by atoms with Crippen LogP contribution in [0.2, 0.25) is 0 Å². The monoisotopic (exact) mass is 264 g/mol. The average Bonchev–Trinajstić information content (AvgIpc) is 2.00. The Hall–Kier alpha value is -0.420. The van der Waals surface area contributed by atoms with Gasteiger partial charge in [-0.3, -0.25) is 4.18 Å². The maximum Gasteiger partial charge on any atom is 0.462 e. The van der Waals surface area contributed by atoms with Crippen LogP contribution in [-0.4, -0.2) is 29.5 Å². The predicted molar refractivity (Wildman–Crippen MR) is 32.2 cm³/mol. The van der Waals surface area contributed by atoms with E-state index >= 15 is 0 Å². The Balaban J connectivity index is 4.93. The largest absolute Gasteiger partial charge is 0.462 e. The summed E-state index contributed by atoms with van der Waals surface area (Å²) in [7, 11) is 0.512. The zero-order valence-electron chi connectivity index (χ0n) is 6.78. The van der Waals surface area contributed by atoms with E-state index < -0.39 is 29.6 Å². The van der Waals surface area contributed by atoms with Crippen molar-refractivity contribution in [2.24, 2.45) is 0 Å². The minimum atomic E-state index is -6.53. The maximum atomic E-state index is 12.2. The van der Waals surface area contributed by atoms with Crippen LogP contribution >= 0.6 is 0 Å². The first kappa shape index (κ1) is 14.6. The summed E-state index contributed by atoms with van der Waals surface area (Å²) in [5.41, 5.74) is 0. The smallest absolute Gasteiger partial charge is 0.272 e. The molecule has 0 fully saturated rings. The van der Waals surface area contributed by atoms with E-state index in [1.165, 1.54) is 0 Å². The van der Waals surface area contributed by atoms with Crippen molar-refractivity contribution < 1.29 is 43.3 Å². The van der Waals surface area contributed by atoms with Gasteiger partial charge in [0, 0.05) is 0 Å². The third-order valence-electron chi connectivity index (χ3n) is 1.03. The topological polar surface area (TPSA) is 35.5 Å². The van der Waals surface area contributed by atoms with Gasteiger partial charge in [0.25, 0.3) is 0 Å². The molecule has 15 heavy (non-hydrogen) atoms. The first-order chi connectivity index (χ1) is 6.45. The first-order valence-corrected chi connectivity index (χ1v) is 3.94. The molecule has 0 heterocycles. The summed E-state index contributed by atoms with van der Waals surface area (Å²) in [4.78, 5) is 0. The molecule has 0 aliphatic carbocycles. The molecule has 0 spiro atoms. The number of halogens is 7. The molecular weight excluding hydrogens is 261 g/mol. The van der Waals surface area contributed by atoms with Gasteiger partial charge >= 0.3 is 29.6 Å². The van der Waals surface area contributed by atoms with Crippen molar-refractivity contribution in [2.75, 3.05) is 7.11 Å². The van der Waals surface area contributed by atoms with Gasteiger partial charge in [-0.1, -0.05) is 0 Å². The number of alkyl halides is 7. The Morgan fingerprint density at radius 2 is 1.40 bits per heavy atom. The van der Waals surface area contributed by atoms with Crippen LogP contribution in [0.25, 0.3) is 0 Å².